The highest BCUT2D eigenvalue weighted by molar-refractivity contribution is 5.52. The van der Waals surface area contributed by atoms with E-state index in [0.29, 0.717) is 18.3 Å². The number of hydrogen-bond acceptors (Lipinski definition) is 9. The number of benzene rings is 1. The third kappa shape index (κ3) is 10.1. The third-order valence-corrected chi connectivity index (χ3v) is 8.98. The molecule has 1 aromatic carbocycles. The number of aromatic nitrogens is 2. The fourth-order valence-electron chi connectivity index (χ4n) is 6.38. The Labute approximate surface area is 247 Å². The fraction of sp³-hybridized carbons (Fsp3) is 0.688. The summed E-state index contributed by atoms with van der Waals surface area (Å²) in [5.74, 6) is 2.03. The summed E-state index contributed by atoms with van der Waals surface area (Å²) in [4.78, 5) is 16.8. The maximum absolute atomic E-state index is 6.18. The minimum atomic E-state index is 0.514. The maximum Gasteiger partial charge on any atom is 0.226 e. The first-order valence-corrected chi connectivity index (χ1v) is 16.3. The molecule has 1 saturated carbocycles. The van der Waals surface area contributed by atoms with Gasteiger partial charge in [0.2, 0.25) is 5.95 Å². The Kier molecular flexibility index (Phi) is 11.9. The molecule has 9 nitrogen and oxygen atoms in total. The van der Waals surface area contributed by atoms with Crippen molar-refractivity contribution in [2.75, 3.05) is 81.4 Å². The van der Waals surface area contributed by atoms with Crippen LogP contribution < -0.4 is 26.6 Å². The molecule has 2 aliphatic heterocycles. The van der Waals surface area contributed by atoms with Gasteiger partial charge in [0, 0.05) is 64.5 Å². The Morgan fingerprint density at radius 2 is 1.39 bits per heavy atom. The Hall–Kier alpha value is -2.46. The number of anilines is 3. The number of piperidine rings is 1. The molecular formula is C32H53N9. The van der Waals surface area contributed by atoms with Crippen LogP contribution in [-0.2, 0) is 13.1 Å². The lowest BCUT2D eigenvalue weighted by atomic mass is 9.95. The molecule has 3 fully saturated rings. The van der Waals surface area contributed by atoms with Crippen molar-refractivity contribution < 1.29 is 0 Å². The van der Waals surface area contributed by atoms with Crippen LogP contribution in [0, 0.1) is 0 Å². The molecule has 5 N–H and O–H groups in total. The fourth-order valence-corrected chi connectivity index (χ4v) is 6.38. The molecule has 3 aliphatic rings. The maximum atomic E-state index is 6.18. The van der Waals surface area contributed by atoms with Gasteiger partial charge in [-0.1, -0.05) is 49.9 Å². The second kappa shape index (κ2) is 16.2. The van der Waals surface area contributed by atoms with Crippen LogP contribution in [0.15, 0.2) is 30.3 Å². The van der Waals surface area contributed by atoms with Crippen LogP contribution in [0.3, 0.4) is 0 Å². The zero-order valence-corrected chi connectivity index (χ0v) is 25.1. The molecule has 0 atom stereocenters. The second-order valence-corrected chi connectivity index (χ2v) is 12.2. The number of nitrogen functional groups attached to an aromatic ring is 1. The number of piperazine rings is 1. The average Bonchev–Trinajstić information content (AvgIpc) is 3.02. The molecule has 9 heteroatoms. The van der Waals surface area contributed by atoms with Crippen LogP contribution in [0.5, 0.6) is 0 Å². The van der Waals surface area contributed by atoms with Crippen LogP contribution in [0.2, 0.25) is 0 Å². The van der Waals surface area contributed by atoms with Crippen molar-refractivity contribution in [1.29, 1.82) is 0 Å². The van der Waals surface area contributed by atoms with E-state index in [1.807, 2.05) is 6.07 Å². The summed E-state index contributed by atoms with van der Waals surface area (Å²) in [6.07, 6.45) is 12.2. The van der Waals surface area contributed by atoms with Gasteiger partial charge in [-0.05, 0) is 69.4 Å². The van der Waals surface area contributed by atoms with E-state index >= 15 is 0 Å². The first-order valence-electron chi connectivity index (χ1n) is 16.3. The Morgan fingerprint density at radius 1 is 0.732 bits per heavy atom. The van der Waals surface area contributed by atoms with Crippen molar-refractivity contribution in [2.45, 2.75) is 76.9 Å². The van der Waals surface area contributed by atoms with E-state index in [-0.39, 0.29) is 0 Å². The number of nitrogens with two attached hydrogens (primary N) is 1. The van der Waals surface area contributed by atoms with Gasteiger partial charge in [0.1, 0.15) is 11.6 Å². The van der Waals surface area contributed by atoms with E-state index in [0.717, 1.165) is 57.7 Å². The quantitative estimate of drug-likeness (QED) is 0.257. The highest BCUT2D eigenvalue weighted by Crippen LogP contribution is 2.20. The lowest BCUT2D eigenvalue weighted by Gasteiger charge is -2.37. The first-order chi connectivity index (χ1) is 20.2. The van der Waals surface area contributed by atoms with Crippen LogP contribution in [-0.4, -0.2) is 91.3 Å². The highest BCUT2D eigenvalue weighted by atomic mass is 15.3. The topological polar surface area (TPSA) is 97.6 Å². The summed E-state index contributed by atoms with van der Waals surface area (Å²) >= 11 is 0. The molecule has 0 amide bonds. The van der Waals surface area contributed by atoms with Gasteiger partial charge in [0.25, 0.3) is 0 Å². The molecule has 2 saturated heterocycles. The molecular weight excluding hydrogens is 510 g/mol. The van der Waals surface area contributed by atoms with Crippen molar-refractivity contribution in [3.05, 3.63) is 41.5 Å². The summed E-state index contributed by atoms with van der Waals surface area (Å²) in [5, 5.41) is 10.7. The van der Waals surface area contributed by atoms with Crippen LogP contribution in [0.1, 0.15) is 68.9 Å². The molecule has 41 heavy (non-hydrogen) atoms. The molecule has 2 aromatic rings. The van der Waals surface area contributed by atoms with E-state index in [1.165, 1.54) is 95.1 Å². The Balaban J connectivity index is 0.991. The molecule has 0 radical (unpaired) electrons. The molecule has 3 heterocycles. The normalized spacial score (nSPS) is 19.5. The van der Waals surface area contributed by atoms with Gasteiger partial charge < -0.3 is 31.5 Å². The largest absolute Gasteiger partial charge is 0.383 e. The Morgan fingerprint density at radius 3 is 2.12 bits per heavy atom. The molecule has 5 rings (SSSR count). The lowest BCUT2D eigenvalue weighted by Crippen LogP contribution is -2.49. The number of nitrogens with one attached hydrogen (secondary N) is 3. The van der Waals surface area contributed by atoms with Crippen molar-refractivity contribution in [3.63, 3.8) is 0 Å². The summed E-state index contributed by atoms with van der Waals surface area (Å²) in [6, 6.07) is 11.4. The SMILES string of the molecule is Nc1cc(N2CCN(CCN3CCCCC3)CC2)nc(NCc2ccc(CNCCCNC3CCCCC3)cc2)n1. The summed E-state index contributed by atoms with van der Waals surface area (Å²) < 4.78 is 0. The molecule has 1 aromatic heterocycles. The highest BCUT2D eigenvalue weighted by Gasteiger charge is 2.20. The minimum absolute atomic E-state index is 0.514. The predicted molar refractivity (Wildman–Crippen MR) is 170 cm³/mol. The van der Waals surface area contributed by atoms with E-state index in [2.05, 4.69) is 59.9 Å². The zero-order chi connectivity index (χ0) is 28.1. The number of likely N-dealkylation sites (tertiary alicyclic amines) is 1. The molecule has 0 unspecified atom stereocenters. The van der Waals surface area contributed by atoms with Crippen molar-refractivity contribution in [1.82, 2.24) is 30.4 Å². The van der Waals surface area contributed by atoms with Gasteiger partial charge >= 0.3 is 0 Å². The van der Waals surface area contributed by atoms with Gasteiger partial charge in [-0.2, -0.15) is 9.97 Å². The molecule has 0 bridgehead atoms. The minimum Gasteiger partial charge on any atom is -0.383 e. The van der Waals surface area contributed by atoms with Gasteiger partial charge in [0.15, 0.2) is 0 Å². The van der Waals surface area contributed by atoms with E-state index < -0.39 is 0 Å². The van der Waals surface area contributed by atoms with Crippen molar-refractivity contribution in [3.8, 4) is 0 Å². The van der Waals surface area contributed by atoms with Crippen LogP contribution in [0.4, 0.5) is 17.6 Å². The molecule has 0 spiro atoms. The zero-order valence-electron chi connectivity index (χ0n) is 25.1. The number of rotatable bonds is 14. The van der Waals surface area contributed by atoms with E-state index in [1.54, 1.807) is 0 Å². The molecule has 1 aliphatic carbocycles. The van der Waals surface area contributed by atoms with E-state index in [9.17, 15) is 0 Å². The van der Waals surface area contributed by atoms with Crippen LogP contribution in [0.25, 0.3) is 0 Å². The number of hydrogen-bond donors (Lipinski definition) is 4. The number of nitrogens with zero attached hydrogens (tertiary/aromatic N) is 5. The molecule has 226 valence electrons. The van der Waals surface area contributed by atoms with E-state index in [4.69, 9.17) is 10.7 Å². The first kappa shape index (κ1) is 30.0. The monoisotopic (exact) mass is 563 g/mol. The van der Waals surface area contributed by atoms with Crippen LogP contribution >= 0.6 is 0 Å². The Bertz CT molecular complexity index is 1010. The summed E-state index contributed by atoms with van der Waals surface area (Å²) in [7, 11) is 0. The van der Waals surface area contributed by atoms with Gasteiger partial charge in [-0.25, -0.2) is 0 Å². The lowest BCUT2D eigenvalue weighted by molar-refractivity contribution is 0.176. The standard InChI is InChI=1S/C32H53N9/c33-30-24-31(41-22-20-40(21-23-41)19-18-39-16-5-2-6-17-39)38-32(37-30)36-26-28-12-10-27(11-13-28)25-34-14-7-15-35-29-8-3-1-4-9-29/h10-13,24,29,34-35H,1-9,14-23,25-26H2,(H3,33,36,37,38). The van der Waals surface area contributed by atoms with Gasteiger partial charge in [0.05, 0.1) is 0 Å². The van der Waals surface area contributed by atoms with Gasteiger partial charge in [-0.15, -0.1) is 0 Å². The summed E-state index contributed by atoms with van der Waals surface area (Å²) in [5.41, 5.74) is 8.70. The smallest absolute Gasteiger partial charge is 0.226 e. The average molecular weight is 564 g/mol. The summed E-state index contributed by atoms with van der Waals surface area (Å²) in [6.45, 7) is 12.7. The van der Waals surface area contributed by atoms with Gasteiger partial charge in [-0.3, -0.25) is 4.90 Å². The third-order valence-electron chi connectivity index (χ3n) is 8.98. The van der Waals surface area contributed by atoms with Crippen molar-refractivity contribution >= 4 is 17.6 Å². The predicted octanol–water partition coefficient (Wildman–Crippen LogP) is 3.68. The van der Waals surface area contributed by atoms with Crippen molar-refractivity contribution in [2.24, 2.45) is 0 Å². The second-order valence-electron chi connectivity index (χ2n) is 12.2.